The topological polar surface area (TPSA) is 9.72 Å². The third-order valence-electron chi connectivity index (χ3n) is 5.14. The quantitative estimate of drug-likeness (QED) is 0.741. The van der Waals surface area contributed by atoms with E-state index in [4.69, 9.17) is 0 Å². The SMILES string of the molecule is CC(CC1CC(N(C)C)CCN1C)N(C)C1CC1. The van der Waals surface area contributed by atoms with Crippen LogP contribution in [0, 0.1) is 0 Å². The van der Waals surface area contributed by atoms with Gasteiger partial charge in [0.15, 0.2) is 0 Å². The van der Waals surface area contributed by atoms with E-state index < -0.39 is 0 Å². The van der Waals surface area contributed by atoms with Crippen molar-refractivity contribution in [3.8, 4) is 0 Å². The molecule has 3 nitrogen and oxygen atoms in total. The summed E-state index contributed by atoms with van der Waals surface area (Å²) in [6, 6.07) is 3.16. The van der Waals surface area contributed by atoms with Crippen molar-refractivity contribution in [2.24, 2.45) is 0 Å². The molecular formula is C15H31N3. The van der Waals surface area contributed by atoms with Gasteiger partial charge in [-0.05, 0) is 73.8 Å². The first-order valence-electron chi connectivity index (χ1n) is 7.57. The first kappa shape index (κ1) is 14.3. The summed E-state index contributed by atoms with van der Waals surface area (Å²) < 4.78 is 0. The lowest BCUT2D eigenvalue weighted by atomic mass is 9.92. The summed E-state index contributed by atoms with van der Waals surface area (Å²) in [4.78, 5) is 7.60. The van der Waals surface area contributed by atoms with E-state index in [1.54, 1.807) is 0 Å². The van der Waals surface area contributed by atoms with Gasteiger partial charge in [0, 0.05) is 24.2 Å². The van der Waals surface area contributed by atoms with Crippen LogP contribution in [0.25, 0.3) is 0 Å². The third kappa shape index (κ3) is 3.46. The van der Waals surface area contributed by atoms with Crippen molar-refractivity contribution >= 4 is 0 Å². The Hall–Kier alpha value is -0.120. The summed E-state index contributed by atoms with van der Waals surface area (Å²) in [6.07, 6.45) is 6.83. The molecule has 1 saturated heterocycles. The van der Waals surface area contributed by atoms with Crippen molar-refractivity contribution in [3.05, 3.63) is 0 Å². The first-order valence-corrected chi connectivity index (χ1v) is 7.57. The number of hydrogen-bond donors (Lipinski definition) is 0. The van der Waals surface area contributed by atoms with Gasteiger partial charge in [-0.3, -0.25) is 0 Å². The van der Waals surface area contributed by atoms with Crippen LogP contribution in [-0.4, -0.2) is 73.6 Å². The van der Waals surface area contributed by atoms with Crippen LogP contribution in [0.3, 0.4) is 0 Å². The number of piperidine rings is 1. The second-order valence-corrected chi connectivity index (χ2v) is 6.76. The smallest absolute Gasteiger partial charge is 0.0122 e. The Morgan fingerprint density at radius 1 is 1.11 bits per heavy atom. The van der Waals surface area contributed by atoms with Crippen LogP contribution in [-0.2, 0) is 0 Å². The van der Waals surface area contributed by atoms with Crippen LogP contribution in [0.2, 0.25) is 0 Å². The van der Waals surface area contributed by atoms with Gasteiger partial charge in [-0.15, -0.1) is 0 Å². The number of hydrogen-bond acceptors (Lipinski definition) is 3. The van der Waals surface area contributed by atoms with Crippen molar-refractivity contribution in [3.63, 3.8) is 0 Å². The van der Waals surface area contributed by atoms with E-state index in [0.717, 1.165) is 24.2 Å². The zero-order valence-electron chi connectivity index (χ0n) is 12.9. The van der Waals surface area contributed by atoms with E-state index >= 15 is 0 Å². The minimum Gasteiger partial charge on any atom is -0.306 e. The van der Waals surface area contributed by atoms with Gasteiger partial charge >= 0.3 is 0 Å². The molecule has 0 aromatic heterocycles. The van der Waals surface area contributed by atoms with Crippen molar-refractivity contribution in [1.29, 1.82) is 0 Å². The predicted octanol–water partition coefficient (Wildman–Crippen LogP) is 1.88. The molecule has 3 atom stereocenters. The number of nitrogens with zero attached hydrogens (tertiary/aromatic N) is 3. The molecule has 0 radical (unpaired) electrons. The molecule has 3 unspecified atom stereocenters. The molecular weight excluding hydrogens is 222 g/mol. The molecule has 0 aromatic carbocycles. The maximum absolute atomic E-state index is 2.60. The molecule has 1 saturated carbocycles. The second-order valence-electron chi connectivity index (χ2n) is 6.76. The molecule has 1 aliphatic carbocycles. The molecule has 0 spiro atoms. The highest BCUT2D eigenvalue weighted by atomic mass is 15.2. The third-order valence-corrected chi connectivity index (χ3v) is 5.14. The lowest BCUT2D eigenvalue weighted by Gasteiger charge is -2.41. The Balaban J connectivity index is 1.85. The van der Waals surface area contributed by atoms with Crippen molar-refractivity contribution in [2.75, 3.05) is 34.7 Å². The maximum Gasteiger partial charge on any atom is 0.0122 e. The second kappa shape index (κ2) is 5.89. The molecule has 1 aliphatic heterocycles. The van der Waals surface area contributed by atoms with Gasteiger partial charge in [-0.1, -0.05) is 0 Å². The standard InChI is InChI=1S/C15H31N3/c1-12(18(5)13-6-7-13)10-15-11-14(16(2)3)8-9-17(15)4/h12-15H,6-11H2,1-5H3. The fraction of sp³-hybridized carbons (Fsp3) is 1.00. The minimum absolute atomic E-state index is 0.728. The van der Waals surface area contributed by atoms with Gasteiger partial charge in [-0.25, -0.2) is 0 Å². The summed E-state index contributed by atoms with van der Waals surface area (Å²) >= 11 is 0. The molecule has 0 N–H and O–H groups in total. The largest absolute Gasteiger partial charge is 0.306 e. The summed E-state index contributed by atoms with van der Waals surface area (Å²) in [6.45, 7) is 3.67. The molecule has 0 bridgehead atoms. The van der Waals surface area contributed by atoms with E-state index in [2.05, 4.69) is 49.8 Å². The number of rotatable bonds is 5. The normalized spacial score (nSPS) is 32.2. The Morgan fingerprint density at radius 3 is 2.33 bits per heavy atom. The Bertz CT molecular complexity index is 262. The van der Waals surface area contributed by atoms with Gasteiger partial charge in [0.2, 0.25) is 0 Å². The van der Waals surface area contributed by atoms with Crippen LogP contribution in [0.4, 0.5) is 0 Å². The van der Waals surface area contributed by atoms with Gasteiger partial charge in [-0.2, -0.15) is 0 Å². The van der Waals surface area contributed by atoms with E-state index in [9.17, 15) is 0 Å². The van der Waals surface area contributed by atoms with Gasteiger partial charge in [0.05, 0.1) is 0 Å². The highest BCUT2D eigenvalue weighted by Gasteiger charge is 2.33. The molecule has 0 aromatic rings. The predicted molar refractivity (Wildman–Crippen MR) is 78.0 cm³/mol. The van der Waals surface area contributed by atoms with Crippen LogP contribution in [0.1, 0.15) is 39.0 Å². The highest BCUT2D eigenvalue weighted by Crippen LogP contribution is 2.30. The summed E-state index contributed by atoms with van der Waals surface area (Å²) in [5.41, 5.74) is 0. The van der Waals surface area contributed by atoms with Crippen LogP contribution in [0.5, 0.6) is 0 Å². The molecule has 2 fully saturated rings. The summed E-state index contributed by atoms with van der Waals surface area (Å²) in [5.74, 6) is 0. The molecule has 18 heavy (non-hydrogen) atoms. The molecule has 1 heterocycles. The first-order chi connectivity index (χ1) is 8.49. The Morgan fingerprint density at radius 2 is 1.78 bits per heavy atom. The Kier molecular flexibility index (Phi) is 4.68. The van der Waals surface area contributed by atoms with Crippen LogP contribution >= 0.6 is 0 Å². The molecule has 2 aliphatic rings. The van der Waals surface area contributed by atoms with E-state index in [0.29, 0.717) is 0 Å². The van der Waals surface area contributed by atoms with Crippen molar-refractivity contribution in [2.45, 2.75) is 63.2 Å². The van der Waals surface area contributed by atoms with Gasteiger partial charge in [0.25, 0.3) is 0 Å². The summed E-state index contributed by atoms with van der Waals surface area (Å²) in [7, 11) is 9.08. The average Bonchev–Trinajstić information content (AvgIpc) is 3.14. The Labute approximate surface area is 113 Å². The monoisotopic (exact) mass is 253 g/mol. The number of likely N-dealkylation sites (tertiary alicyclic amines) is 1. The van der Waals surface area contributed by atoms with E-state index in [-0.39, 0.29) is 0 Å². The lowest BCUT2D eigenvalue weighted by molar-refractivity contribution is 0.0840. The molecule has 2 rings (SSSR count). The van der Waals surface area contributed by atoms with Gasteiger partial charge in [0.1, 0.15) is 0 Å². The fourth-order valence-corrected chi connectivity index (χ4v) is 3.29. The van der Waals surface area contributed by atoms with Crippen LogP contribution < -0.4 is 0 Å². The highest BCUT2D eigenvalue weighted by molar-refractivity contribution is 4.90. The average molecular weight is 253 g/mol. The lowest BCUT2D eigenvalue weighted by Crippen LogP contribution is -2.48. The zero-order valence-corrected chi connectivity index (χ0v) is 12.9. The van der Waals surface area contributed by atoms with E-state index in [1.807, 2.05) is 0 Å². The minimum atomic E-state index is 0.728. The van der Waals surface area contributed by atoms with Crippen molar-refractivity contribution < 1.29 is 0 Å². The van der Waals surface area contributed by atoms with Crippen molar-refractivity contribution in [1.82, 2.24) is 14.7 Å². The molecule has 3 heteroatoms. The zero-order chi connectivity index (χ0) is 13.3. The summed E-state index contributed by atoms with van der Waals surface area (Å²) in [5, 5.41) is 0. The van der Waals surface area contributed by atoms with E-state index in [1.165, 1.54) is 38.6 Å². The molecule has 0 amide bonds. The van der Waals surface area contributed by atoms with Gasteiger partial charge < -0.3 is 14.7 Å². The molecule has 106 valence electrons. The maximum atomic E-state index is 2.60. The van der Waals surface area contributed by atoms with Crippen LogP contribution in [0.15, 0.2) is 0 Å². The fourth-order valence-electron chi connectivity index (χ4n) is 3.29.